The molecular weight excluding hydrogens is 176 g/mol. The van der Waals surface area contributed by atoms with Crippen molar-refractivity contribution in [2.45, 2.75) is 6.54 Å². The first-order valence-corrected chi connectivity index (χ1v) is 3.46. The predicted molar refractivity (Wildman–Crippen MR) is 44.3 cm³/mol. The molecule has 1 aromatic carbocycles. The number of nitrogens with two attached hydrogens (primary N) is 1. The lowest BCUT2D eigenvalue weighted by atomic mass is 10.1. The zero-order valence-electron chi connectivity index (χ0n) is 6.60. The number of phenolic OH excluding ortho intramolecular Hbond substituents is 2. The second-order valence-electron chi connectivity index (χ2n) is 2.40. The van der Waals surface area contributed by atoms with Crippen LogP contribution in [0.5, 0.6) is 11.5 Å². The minimum absolute atomic E-state index is 0.0653. The van der Waals surface area contributed by atoms with Gasteiger partial charge in [0, 0.05) is 12.1 Å². The summed E-state index contributed by atoms with van der Waals surface area (Å²) in [5, 5.41) is 28.5. The van der Waals surface area contributed by atoms with Crippen molar-refractivity contribution in [1.82, 2.24) is 0 Å². The minimum atomic E-state index is -0.781. The summed E-state index contributed by atoms with van der Waals surface area (Å²) in [7, 11) is 0. The maximum atomic E-state index is 10.4. The Labute approximate surface area is 73.4 Å². The van der Waals surface area contributed by atoms with Crippen LogP contribution in [0, 0.1) is 10.1 Å². The van der Waals surface area contributed by atoms with E-state index in [-0.39, 0.29) is 12.1 Å². The Hall–Kier alpha value is -1.82. The van der Waals surface area contributed by atoms with Crippen LogP contribution >= 0.6 is 0 Å². The SMILES string of the molecule is NCc1ccc(O)c(O)c1[N+](=O)[O-]. The second-order valence-corrected chi connectivity index (χ2v) is 2.40. The van der Waals surface area contributed by atoms with Gasteiger partial charge in [0.1, 0.15) is 0 Å². The molecule has 0 unspecified atom stereocenters. The Morgan fingerprint density at radius 2 is 2.08 bits per heavy atom. The summed E-state index contributed by atoms with van der Waals surface area (Å²) in [6.07, 6.45) is 0. The average Bonchev–Trinajstić information content (AvgIpc) is 2.08. The minimum Gasteiger partial charge on any atom is -0.504 e. The molecule has 0 saturated heterocycles. The van der Waals surface area contributed by atoms with Gasteiger partial charge in [0.2, 0.25) is 5.75 Å². The van der Waals surface area contributed by atoms with Gasteiger partial charge in [-0.05, 0) is 12.1 Å². The summed E-state index contributed by atoms with van der Waals surface area (Å²) >= 11 is 0. The van der Waals surface area contributed by atoms with E-state index in [1.807, 2.05) is 0 Å². The first-order chi connectivity index (χ1) is 6.07. The second kappa shape index (κ2) is 3.28. The van der Waals surface area contributed by atoms with Crippen molar-refractivity contribution in [2.24, 2.45) is 5.73 Å². The van der Waals surface area contributed by atoms with Gasteiger partial charge in [-0.3, -0.25) is 10.1 Å². The Bertz CT molecular complexity index is 351. The molecule has 4 N–H and O–H groups in total. The lowest BCUT2D eigenvalue weighted by Crippen LogP contribution is -2.01. The van der Waals surface area contributed by atoms with E-state index in [4.69, 9.17) is 15.9 Å². The highest BCUT2D eigenvalue weighted by Gasteiger charge is 2.21. The molecular formula is C7H8N2O4. The van der Waals surface area contributed by atoms with Gasteiger partial charge in [-0.2, -0.15) is 0 Å². The van der Waals surface area contributed by atoms with Crippen LogP contribution in [0.15, 0.2) is 12.1 Å². The molecule has 0 aliphatic carbocycles. The fraction of sp³-hybridized carbons (Fsp3) is 0.143. The van der Waals surface area contributed by atoms with Crippen molar-refractivity contribution in [2.75, 3.05) is 0 Å². The number of nitrogens with zero attached hydrogens (tertiary/aromatic N) is 1. The van der Waals surface area contributed by atoms with Gasteiger partial charge in [-0.1, -0.05) is 0 Å². The van der Waals surface area contributed by atoms with Gasteiger partial charge < -0.3 is 15.9 Å². The molecule has 1 aromatic rings. The van der Waals surface area contributed by atoms with Crippen molar-refractivity contribution in [3.8, 4) is 11.5 Å². The Morgan fingerprint density at radius 1 is 1.46 bits per heavy atom. The van der Waals surface area contributed by atoms with Crippen LogP contribution in [0.25, 0.3) is 0 Å². The van der Waals surface area contributed by atoms with Gasteiger partial charge in [0.15, 0.2) is 5.75 Å². The van der Waals surface area contributed by atoms with Gasteiger partial charge in [-0.15, -0.1) is 0 Å². The standard InChI is InChI=1S/C7H8N2O4/c8-3-4-1-2-5(10)7(11)6(4)9(12)13/h1-2,10-11H,3,8H2. The molecule has 0 saturated carbocycles. The monoisotopic (exact) mass is 184 g/mol. The number of hydrogen-bond acceptors (Lipinski definition) is 5. The van der Waals surface area contributed by atoms with Crippen LogP contribution in [0.3, 0.4) is 0 Å². The summed E-state index contributed by atoms with van der Waals surface area (Å²) in [5.41, 5.74) is 4.85. The highest BCUT2D eigenvalue weighted by atomic mass is 16.6. The topological polar surface area (TPSA) is 110 Å². The summed E-state index contributed by atoms with van der Waals surface area (Å²) in [4.78, 5) is 9.65. The molecule has 6 nitrogen and oxygen atoms in total. The molecule has 0 spiro atoms. The number of phenols is 2. The molecule has 1 rings (SSSR count). The molecule has 70 valence electrons. The largest absolute Gasteiger partial charge is 0.504 e. The van der Waals surface area contributed by atoms with E-state index in [9.17, 15) is 10.1 Å². The van der Waals surface area contributed by atoms with Gasteiger partial charge in [0.05, 0.1) is 4.92 Å². The third kappa shape index (κ3) is 1.52. The first-order valence-electron chi connectivity index (χ1n) is 3.46. The third-order valence-electron chi connectivity index (χ3n) is 1.62. The van der Waals surface area contributed by atoms with E-state index in [2.05, 4.69) is 0 Å². The van der Waals surface area contributed by atoms with E-state index in [0.717, 1.165) is 6.07 Å². The lowest BCUT2D eigenvalue weighted by molar-refractivity contribution is -0.386. The molecule has 0 atom stereocenters. The molecule has 0 aliphatic heterocycles. The molecule has 0 bridgehead atoms. The van der Waals surface area contributed by atoms with Crippen LogP contribution < -0.4 is 5.73 Å². The number of nitro groups is 1. The summed E-state index contributed by atoms with van der Waals surface area (Å²) < 4.78 is 0. The normalized spacial score (nSPS) is 9.92. The van der Waals surface area contributed by atoms with E-state index in [0.29, 0.717) is 0 Å². The zero-order valence-corrected chi connectivity index (χ0v) is 6.60. The van der Waals surface area contributed by atoms with Crippen molar-refractivity contribution in [3.63, 3.8) is 0 Å². The molecule has 0 amide bonds. The average molecular weight is 184 g/mol. The van der Waals surface area contributed by atoms with Crippen LogP contribution in [-0.4, -0.2) is 15.1 Å². The zero-order chi connectivity index (χ0) is 10.0. The number of benzene rings is 1. The number of rotatable bonds is 2. The van der Waals surface area contributed by atoms with Crippen molar-refractivity contribution in [3.05, 3.63) is 27.8 Å². The quantitative estimate of drug-likeness (QED) is 0.351. The fourth-order valence-electron chi connectivity index (χ4n) is 0.979. The smallest absolute Gasteiger partial charge is 0.319 e. The van der Waals surface area contributed by atoms with Crippen LogP contribution in [0.4, 0.5) is 5.69 Å². The lowest BCUT2D eigenvalue weighted by Gasteiger charge is -2.02. The predicted octanol–water partition coefficient (Wildman–Crippen LogP) is 0.465. The number of nitro benzene ring substituents is 1. The first kappa shape index (κ1) is 9.27. The number of hydrogen-bond donors (Lipinski definition) is 3. The van der Waals surface area contributed by atoms with Crippen LogP contribution in [0.2, 0.25) is 0 Å². The summed E-state index contributed by atoms with van der Waals surface area (Å²) in [6.45, 7) is -0.0653. The summed E-state index contributed by atoms with van der Waals surface area (Å²) in [5.74, 6) is -1.27. The Morgan fingerprint density at radius 3 is 2.54 bits per heavy atom. The van der Waals surface area contributed by atoms with Crippen molar-refractivity contribution < 1.29 is 15.1 Å². The van der Waals surface area contributed by atoms with Crippen molar-refractivity contribution in [1.29, 1.82) is 0 Å². The van der Waals surface area contributed by atoms with Gasteiger partial charge in [0.25, 0.3) is 0 Å². The van der Waals surface area contributed by atoms with E-state index in [1.54, 1.807) is 0 Å². The fourth-order valence-corrected chi connectivity index (χ4v) is 0.979. The van der Waals surface area contributed by atoms with Crippen LogP contribution in [0.1, 0.15) is 5.56 Å². The van der Waals surface area contributed by atoms with E-state index < -0.39 is 22.1 Å². The van der Waals surface area contributed by atoms with Crippen molar-refractivity contribution >= 4 is 5.69 Å². The summed E-state index contributed by atoms with van der Waals surface area (Å²) in [6, 6.07) is 2.46. The van der Waals surface area contributed by atoms with E-state index >= 15 is 0 Å². The number of aromatic hydroxyl groups is 2. The van der Waals surface area contributed by atoms with Gasteiger partial charge in [-0.25, -0.2) is 0 Å². The van der Waals surface area contributed by atoms with Gasteiger partial charge >= 0.3 is 5.69 Å². The molecule has 13 heavy (non-hydrogen) atoms. The highest BCUT2D eigenvalue weighted by Crippen LogP contribution is 2.37. The Kier molecular flexibility index (Phi) is 2.34. The van der Waals surface area contributed by atoms with Crippen LogP contribution in [-0.2, 0) is 6.54 Å². The highest BCUT2D eigenvalue weighted by molar-refractivity contribution is 5.58. The molecule has 0 radical (unpaired) electrons. The maximum absolute atomic E-state index is 10.4. The molecule has 6 heteroatoms. The maximum Gasteiger partial charge on any atom is 0.319 e. The van der Waals surface area contributed by atoms with E-state index in [1.165, 1.54) is 6.07 Å². The molecule has 0 heterocycles. The molecule has 0 fully saturated rings. The Balaban J connectivity index is 3.41. The molecule has 0 aromatic heterocycles. The third-order valence-corrected chi connectivity index (χ3v) is 1.62. The molecule has 0 aliphatic rings.